The minimum Gasteiger partial charge on any atom is -0.340 e. The fourth-order valence-electron chi connectivity index (χ4n) is 0.612. The van der Waals surface area contributed by atoms with Crippen molar-refractivity contribution in [3.8, 4) is 0 Å². The zero-order chi connectivity index (χ0) is 5.70. The van der Waals surface area contributed by atoms with Crippen molar-refractivity contribution >= 4 is 0 Å². The molecular weight excluding hydrogens is 268 g/mol. The monoisotopic (exact) mass is 283 g/mol. The minimum absolute atomic E-state index is 0. The van der Waals surface area contributed by atoms with Gasteiger partial charge in [0.1, 0.15) is 0 Å². The molecule has 1 atom stereocenters. The molecule has 0 radical (unpaired) electrons. The van der Waals surface area contributed by atoms with Crippen molar-refractivity contribution in [2.24, 2.45) is 5.92 Å². The third-order valence-corrected chi connectivity index (χ3v) is 1.27. The van der Waals surface area contributed by atoms with Crippen molar-refractivity contribution in [2.45, 2.75) is 33.1 Å². The van der Waals surface area contributed by atoms with Crippen molar-refractivity contribution in [2.75, 3.05) is 0 Å². The number of hydrogen-bond donors (Lipinski definition) is 0. The third kappa shape index (κ3) is 6.69. The molecule has 50 valence electrons. The van der Waals surface area contributed by atoms with E-state index in [1.807, 2.05) is 0 Å². The van der Waals surface area contributed by atoms with Crippen LogP contribution in [-0.4, -0.2) is 0 Å². The zero-order valence-corrected chi connectivity index (χ0v) is 8.75. The Kier molecular flexibility index (Phi) is 11.0. The molecule has 1 unspecified atom stereocenters. The first kappa shape index (κ1) is 11.5. The Morgan fingerprint density at radius 2 is 1.88 bits per heavy atom. The number of hydrogen-bond acceptors (Lipinski definition) is 0. The summed E-state index contributed by atoms with van der Waals surface area (Å²) in [6, 6.07) is 0. The normalized spacial score (nSPS) is 12.4. The van der Waals surface area contributed by atoms with E-state index in [4.69, 9.17) is 0 Å². The summed E-state index contributed by atoms with van der Waals surface area (Å²) in [5.41, 5.74) is 0. The summed E-state index contributed by atoms with van der Waals surface area (Å²) in [7, 11) is 0. The van der Waals surface area contributed by atoms with Crippen LogP contribution in [0.15, 0.2) is 0 Å². The fourth-order valence-corrected chi connectivity index (χ4v) is 0.612. The van der Waals surface area contributed by atoms with Crippen molar-refractivity contribution in [1.82, 2.24) is 0 Å². The van der Waals surface area contributed by atoms with E-state index in [-0.39, 0.29) is 21.1 Å². The quantitative estimate of drug-likeness (QED) is 0.698. The first-order valence-corrected chi connectivity index (χ1v) is 3.14. The Balaban J connectivity index is 0. The van der Waals surface area contributed by atoms with Crippen LogP contribution in [0.2, 0.25) is 0 Å². The van der Waals surface area contributed by atoms with Gasteiger partial charge in [-0.15, -0.1) is 0 Å². The average molecular weight is 283 g/mol. The molecule has 0 aromatic carbocycles. The van der Waals surface area contributed by atoms with Gasteiger partial charge < -0.3 is 6.92 Å². The van der Waals surface area contributed by atoms with E-state index in [2.05, 4.69) is 20.8 Å². The SMILES string of the molecule is [CH2-]C(CC)CCC.[W]. The Labute approximate surface area is 67.3 Å². The van der Waals surface area contributed by atoms with E-state index in [0.29, 0.717) is 5.92 Å². The maximum atomic E-state index is 3.95. The Morgan fingerprint density at radius 3 is 2.00 bits per heavy atom. The number of rotatable bonds is 3. The molecule has 0 fully saturated rings. The van der Waals surface area contributed by atoms with Gasteiger partial charge in [0.2, 0.25) is 0 Å². The summed E-state index contributed by atoms with van der Waals surface area (Å²) in [5, 5.41) is 0. The van der Waals surface area contributed by atoms with Gasteiger partial charge in [-0.2, -0.15) is 5.92 Å². The van der Waals surface area contributed by atoms with Crippen LogP contribution in [0.4, 0.5) is 0 Å². The van der Waals surface area contributed by atoms with Crippen LogP contribution < -0.4 is 0 Å². The fraction of sp³-hybridized carbons (Fsp3) is 0.857. The van der Waals surface area contributed by atoms with Gasteiger partial charge in [0.05, 0.1) is 0 Å². The van der Waals surface area contributed by atoms with E-state index in [1.54, 1.807) is 0 Å². The molecule has 0 aromatic heterocycles. The second kappa shape index (κ2) is 7.69. The van der Waals surface area contributed by atoms with Gasteiger partial charge in [0, 0.05) is 21.1 Å². The molecule has 0 N–H and O–H groups in total. The summed E-state index contributed by atoms with van der Waals surface area (Å²) in [5.74, 6) is 0.699. The Hall–Kier alpha value is 0.688. The maximum Gasteiger partial charge on any atom is 0 e. The van der Waals surface area contributed by atoms with Crippen LogP contribution in [0.5, 0.6) is 0 Å². The van der Waals surface area contributed by atoms with Crippen molar-refractivity contribution < 1.29 is 21.1 Å². The first-order chi connectivity index (χ1) is 3.31. The van der Waals surface area contributed by atoms with E-state index < -0.39 is 0 Å². The average Bonchev–Trinajstić information content (AvgIpc) is 1.68. The van der Waals surface area contributed by atoms with E-state index in [0.717, 1.165) is 0 Å². The van der Waals surface area contributed by atoms with Crippen LogP contribution in [0, 0.1) is 12.8 Å². The molecular formula is C7H15W-. The topological polar surface area (TPSA) is 0 Å². The van der Waals surface area contributed by atoms with Gasteiger partial charge in [-0.05, 0) is 0 Å². The molecule has 0 aliphatic rings. The molecule has 0 bridgehead atoms. The standard InChI is InChI=1S/C7H15.W/c1-4-6-7(3)5-2;/h7H,3-6H2,1-2H3;/q-1;. The minimum atomic E-state index is 0. The van der Waals surface area contributed by atoms with Crippen LogP contribution >= 0.6 is 0 Å². The predicted molar refractivity (Wildman–Crippen MR) is 34.0 cm³/mol. The molecule has 0 aliphatic heterocycles. The third-order valence-electron chi connectivity index (χ3n) is 1.27. The summed E-state index contributed by atoms with van der Waals surface area (Å²) in [6.07, 6.45) is 3.80. The molecule has 0 aromatic rings. The summed E-state index contributed by atoms with van der Waals surface area (Å²) >= 11 is 0. The second-order valence-corrected chi connectivity index (χ2v) is 2.06. The molecule has 0 amide bonds. The van der Waals surface area contributed by atoms with Gasteiger partial charge in [0.15, 0.2) is 0 Å². The van der Waals surface area contributed by atoms with E-state index >= 15 is 0 Å². The second-order valence-electron chi connectivity index (χ2n) is 2.06. The van der Waals surface area contributed by atoms with Gasteiger partial charge >= 0.3 is 0 Å². The molecule has 0 aliphatic carbocycles. The summed E-state index contributed by atoms with van der Waals surface area (Å²) in [6.45, 7) is 8.34. The molecule has 0 saturated carbocycles. The first-order valence-electron chi connectivity index (χ1n) is 3.14. The van der Waals surface area contributed by atoms with Crippen LogP contribution in [0.25, 0.3) is 0 Å². The van der Waals surface area contributed by atoms with Crippen molar-refractivity contribution in [3.63, 3.8) is 0 Å². The smallest absolute Gasteiger partial charge is 0 e. The summed E-state index contributed by atoms with van der Waals surface area (Å²) < 4.78 is 0. The van der Waals surface area contributed by atoms with Gasteiger partial charge in [-0.25, -0.2) is 0 Å². The molecule has 0 nitrogen and oxygen atoms in total. The predicted octanol–water partition coefficient (Wildman–Crippen LogP) is 2.64. The van der Waals surface area contributed by atoms with Crippen molar-refractivity contribution in [3.05, 3.63) is 6.92 Å². The van der Waals surface area contributed by atoms with Gasteiger partial charge in [0.25, 0.3) is 0 Å². The van der Waals surface area contributed by atoms with Crippen LogP contribution in [0.3, 0.4) is 0 Å². The largest absolute Gasteiger partial charge is 0.340 e. The molecule has 1 heteroatoms. The molecule has 0 heterocycles. The van der Waals surface area contributed by atoms with Crippen LogP contribution in [0.1, 0.15) is 33.1 Å². The van der Waals surface area contributed by atoms with Gasteiger partial charge in [-0.3, -0.25) is 0 Å². The molecule has 0 rings (SSSR count). The van der Waals surface area contributed by atoms with Crippen molar-refractivity contribution in [1.29, 1.82) is 0 Å². The molecule has 8 heavy (non-hydrogen) atoms. The molecule has 0 saturated heterocycles. The molecule has 0 spiro atoms. The maximum absolute atomic E-state index is 3.95. The van der Waals surface area contributed by atoms with Gasteiger partial charge in [-0.1, -0.05) is 33.1 Å². The Bertz CT molecular complexity index is 35.4. The van der Waals surface area contributed by atoms with E-state index in [9.17, 15) is 0 Å². The zero-order valence-electron chi connectivity index (χ0n) is 5.81. The summed E-state index contributed by atoms with van der Waals surface area (Å²) in [4.78, 5) is 0. The van der Waals surface area contributed by atoms with Crippen LogP contribution in [-0.2, 0) is 21.1 Å². The Morgan fingerprint density at radius 1 is 1.38 bits per heavy atom. The van der Waals surface area contributed by atoms with E-state index in [1.165, 1.54) is 19.3 Å².